The van der Waals surface area contributed by atoms with Crippen LogP contribution in [0.25, 0.3) is 0 Å². The molecule has 3 N–H and O–H groups in total. The summed E-state index contributed by atoms with van der Waals surface area (Å²) in [6.45, 7) is 6.70. The lowest BCUT2D eigenvalue weighted by atomic mass is 9.95. The Balaban J connectivity index is 2.48. The molecule has 0 bridgehead atoms. The Morgan fingerprint density at radius 2 is 2.21 bits per heavy atom. The molecular formula is C12H16N2. The van der Waals surface area contributed by atoms with Crippen LogP contribution < -0.4 is 11.1 Å². The number of nitrogens with one attached hydrogen (secondary N) is 1. The number of anilines is 1. The Hall–Kier alpha value is -1.28. The number of rotatable bonds is 1. The molecule has 0 aliphatic carbocycles. The molecule has 1 aromatic carbocycles. The quantitative estimate of drug-likeness (QED) is 0.709. The van der Waals surface area contributed by atoms with Gasteiger partial charge in [-0.1, -0.05) is 12.6 Å². The smallest absolute Gasteiger partial charge is 0.0420 e. The van der Waals surface area contributed by atoms with Gasteiger partial charge in [-0.3, -0.25) is 0 Å². The lowest BCUT2D eigenvalue weighted by Crippen LogP contribution is -2.11. The summed E-state index contributed by atoms with van der Waals surface area (Å²) in [7, 11) is 0. The average molecular weight is 188 g/mol. The van der Waals surface area contributed by atoms with Crippen molar-refractivity contribution in [3.8, 4) is 0 Å². The van der Waals surface area contributed by atoms with Gasteiger partial charge in [0.1, 0.15) is 0 Å². The van der Waals surface area contributed by atoms with Gasteiger partial charge in [0.2, 0.25) is 0 Å². The van der Waals surface area contributed by atoms with Crippen LogP contribution in [0.2, 0.25) is 0 Å². The van der Waals surface area contributed by atoms with Gasteiger partial charge in [-0.05, 0) is 42.5 Å². The Bertz CT molecular complexity index is 380. The highest BCUT2D eigenvalue weighted by Gasteiger charge is 2.13. The summed E-state index contributed by atoms with van der Waals surface area (Å²) in [6, 6.07) is 4.31. The van der Waals surface area contributed by atoms with E-state index < -0.39 is 0 Å². The molecule has 74 valence electrons. The second-order valence-electron chi connectivity index (χ2n) is 3.87. The van der Waals surface area contributed by atoms with Gasteiger partial charge in [0.05, 0.1) is 0 Å². The average Bonchev–Trinajstić information content (AvgIpc) is 2.16. The fourth-order valence-electron chi connectivity index (χ4n) is 1.98. The van der Waals surface area contributed by atoms with Crippen LogP contribution in [0, 0.1) is 6.92 Å². The van der Waals surface area contributed by atoms with Crippen molar-refractivity contribution in [3.05, 3.63) is 41.1 Å². The first-order valence-corrected chi connectivity index (χ1v) is 4.98. The summed E-state index contributed by atoms with van der Waals surface area (Å²) in [5.41, 5.74) is 11.9. The molecule has 0 saturated carbocycles. The Kier molecular flexibility index (Phi) is 2.30. The number of allylic oxidation sites excluding steroid dienone is 1. The zero-order valence-electron chi connectivity index (χ0n) is 8.56. The summed E-state index contributed by atoms with van der Waals surface area (Å²) in [4.78, 5) is 0. The largest absolute Gasteiger partial charge is 0.359 e. The number of hydrogen-bond donors (Lipinski definition) is 2. The maximum atomic E-state index is 5.64. The number of nitrogens with two attached hydrogens (primary N) is 1. The van der Waals surface area contributed by atoms with Gasteiger partial charge in [-0.2, -0.15) is 0 Å². The third-order valence-corrected chi connectivity index (χ3v) is 2.76. The van der Waals surface area contributed by atoms with E-state index in [2.05, 4.69) is 31.0 Å². The molecule has 14 heavy (non-hydrogen) atoms. The molecule has 2 nitrogen and oxygen atoms in total. The molecule has 0 radical (unpaired) electrons. The number of hydrogen-bond acceptors (Lipinski definition) is 2. The highest BCUT2D eigenvalue weighted by molar-refractivity contribution is 5.61. The van der Waals surface area contributed by atoms with Crippen molar-refractivity contribution in [2.75, 3.05) is 5.32 Å². The Morgan fingerprint density at radius 3 is 2.93 bits per heavy atom. The lowest BCUT2D eigenvalue weighted by molar-refractivity contribution is 0.903. The van der Waals surface area contributed by atoms with Crippen molar-refractivity contribution in [1.82, 2.24) is 0 Å². The summed E-state index contributed by atoms with van der Waals surface area (Å²) in [6.07, 6.45) is 2.13. The van der Waals surface area contributed by atoms with Crippen LogP contribution in [0.4, 0.5) is 5.69 Å². The van der Waals surface area contributed by atoms with Gasteiger partial charge >= 0.3 is 0 Å². The Morgan fingerprint density at radius 1 is 1.43 bits per heavy atom. The number of aryl methyl sites for hydroxylation is 1. The molecule has 1 aliphatic rings. The predicted molar refractivity (Wildman–Crippen MR) is 60.2 cm³/mol. The van der Waals surface area contributed by atoms with E-state index in [1.54, 1.807) is 0 Å². The fourth-order valence-corrected chi connectivity index (χ4v) is 1.98. The maximum Gasteiger partial charge on any atom is 0.0420 e. The highest BCUT2D eigenvalue weighted by atomic mass is 14.9. The normalized spacial score (nSPS) is 14.9. The molecule has 1 aromatic rings. The van der Waals surface area contributed by atoms with Crippen LogP contribution in [0.15, 0.2) is 24.4 Å². The number of fused-ring (bicyclic) bond motifs is 1. The number of benzene rings is 1. The standard InChI is InChI=1S/C12H16N2/c1-8-5-10(7-13)6-12-11(8)4-3-9(2)14-12/h5-6,14H,2-4,7,13H2,1H3. The zero-order valence-corrected chi connectivity index (χ0v) is 8.56. The van der Waals surface area contributed by atoms with E-state index in [9.17, 15) is 0 Å². The van der Waals surface area contributed by atoms with Crippen LogP contribution >= 0.6 is 0 Å². The van der Waals surface area contributed by atoms with Crippen LogP contribution in [-0.4, -0.2) is 0 Å². The molecule has 1 heterocycles. The molecular weight excluding hydrogens is 172 g/mol. The fraction of sp³-hybridized carbons (Fsp3) is 0.333. The molecule has 2 heteroatoms. The van der Waals surface area contributed by atoms with Crippen LogP contribution in [0.3, 0.4) is 0 Å². The Labute approximate surface area is 84.8 Å². The molecule has 1 aliphatic heterocycles. The van der Waals surface area contributed by atoms with Crippen LogP contribution in [0.1, 0.15) is 23.1 Å². The first-order valence-electron chi connectivity index (χ1n) is 4.98. The van der Waals surface area contributed by atoms with E-state index >= 15 is 0 Å². The molecule has 0 fully saturated rings. The monoisotopic (exact) mass is 188 g/mol. The molecule has 0 aromatic heterocycles. The van der Waals surface area contributed by atoms with Crippen molar-refractivity contribution in [2.45, 2.75) is 26.3 Å². The third kappa shape index (κ3) is 1.53. The van der Waals surface area contributed by atoms with E-state index in [1.807, 2.05) is 0 Å². The summed E-state index contributed by atoms with van der Waals surface area (Å²) >= 11 is 0. The molecule has 0 unspecified atom stereocenters. The minimum atomic E-state index is 0.599. The van der Waals surface area contributed by atoms with Gasteiger partial charge in [0.15, 0.2) is 0 Å². The molecule has 0 saturated heterocycles. The second kappa shape index (κ2) is 3.46. The van der Waals surface area contributed by atoms with Crippen molar-refractivity contribution in [1.29, 1.82) is 0 Å². The summed E-state index contributed by atoms with van der Waals surface area (Å²) in [5.74, 6) is 0. The van der Waals surface area contributed by atoms with E-state index in [1.165, 1.54) is 22.4 Å². The topological polar surface area (TPSA) is 38.0 Å². The van der Waals surface area contributed by atoms with E-state index in [0.717, 1.165) is 18.5 Å². The first-order chi connectivity index (χ1) is 6.70. The van der Waals surface area contributed by atoms with E-state index in [-0.39, 0.29) is 0 Å². The van der Waals surface area contributed by atoms with Crippen LogP contribution in [0.5, 0.6) is 0 Å². The van der Waals surface area contributed by atoms with E-state index in [4.69, 9.17) is 5.73 Å². The first kappa shape index (κ1) is 9.28. The second-order valence-corrected chi connectivity index (χ2v) is 3.87. The van der Waals surface area contributed by atoms with Crippen molar-refractivity contribution in [3.63, 3.8) is 0 Å². The molecule has 0 atom stereocenters. The van der Waals surface area contributed by atoms with Gasteiger partial charge in [0, 0.05) is 17.9 Å². The summed E-state index contributed by atoms with van der Waals surface area (Å²) in [5, 5.41) is 3.33. The van der Waals surface area contributed by atoms with Gasteiger partial charge < -0.3 is 11.1 Å². The SMILES string of the molecule is C=C1CCc2c(C)cc(CN)cc2N1. The molecule has 2 rings (SSSR count). The predicted octanol–water partition coefficient (Wildman–Crippen LogP) is 2.33. The summed E-state index contributed by atoms with van der Waals surface area (Å²) < 4.78 is 0. The molecule has 0 spiro atoms. The van der Waals surface area contributed by atoms with Gasteiger partial charge in [-0.15, -0.1) is 0 Å². The van der Waals surface area contributed by atoms with Crippen molar-refractivity contribution < 1.29 is 0 Å². The third-order valence-electron chi connectivity index (χ3n) is 2.76. The minimum absolute atomic E-state index is 0.599. The van der Waals surface area contributed by atoms with Gasteiger partial charge in [0.25, 0.3) is 0 Å². The van der Waals surface area contributed by atoms with Crippen molar-refractivity contribution >= 4 is 5.69 Å². The zero-order chi connectivity index (χ0) is 10.1. The maximum absolute atomic E-state index is 5.64. The van der Waals surface area contributed by atoms with Crippen molar-refractivity contribution in [2.24, 2.45) is 5.73 Å². The van der Waals surface area contributed by atoms with E-state index in [0.29, 0.717) is 6.54 Å². The van der Waals surface area contributed by atoms with Gasteiger partial charge in [-0.25, -0.2) is 0 Å². The lowest BCUT2D eigenvalue weighted by Gasteiger charge is -2.22. The van der Waals surface area contributed by atoms with Crippen LogP contribution in [-0.2, 0) is 13.0 Å². The minimum Gasteiger partial charge on any atom is -0.359 e. The highest BCUT2D eigenvalue weighted by Crippen LogP contribution is 2.29. The molecule has 0 amide bonds.